The van der Waals surface area contributed by atoms with Crippen LogP contribution in [0.25, 0.3) is 0 Å². The molecule has 1 N–H and O–H groups in total. The first-order valence-corrected chi connectivity index (χ1v) is 7.59. The molecule has 146 valence electrons. The maximum atomic E-state index is 13.0. The van der Waals surface area contributed by atoms with Gasteiger partial charge in [0.15, 0.2) is 0 Å². The summed E-state index contributed by atoms with van der Waals surface area (Å²) >= 11 is 0. The lowest BCUT2D eigenvalue weighted by Gasteiger charge is -2.29. The van der Waals surface area contributed by atoms with Crippen LogP contribution in [0, 0.1) is 0 Å². The zero-order valence-corrected chi connectivity index (χ0v) is 13.9. The molecule has 2 rings (SSSR count). The molecule has 0 saturated carbocycles. The van der Waals surface area contributed by atoms with Crippen LogP contribution >= 0.6 is 0 Å². The average Bonchev–Trinajstić information content (AvgIpc) is 2.80. The second-order valence-electron chi connectivity index (χ2n) is 5.88. The third-order valence-electron chi connectivity index (χ3n) is 3.93. The lowest BCUT2D eigenvalue weighted by molar-refractivity contribution is -0.150. The van der Waals surface area contributed by atoms with Crippen LogP contribution in [0.1, 0.15) is 18.9 Å². The minimum absolute atomic E-state index is 0.139. The molecule has 27 heavy (non-hydrogen) atoms. The van der Waals surface area contributed by atoms with Crippen molar-refractivity contribution in [1.29, 1.82) is 0 Å². The molecule has 0 saturated heterocycles. The van der Waals surface area contributed by atoms with E-state index >= 15 is 0 Å². The third-order valence-corrected chi connectivity index (χ3v) is 3.93. The monoisotopic (exact) mass is 392 g/mol. The second-order valence-corrected chi connectivity index (χ2v) is 5.88. The Kier molecular flexibility index (Phi) is 5.44. The Balaban J connectivity index is 2.40. The topological polar surface area (TPSA) is 46.5 Å². The van der Waals surface area contributed by atoms with Gasteiger partial charge < -0.3 is 9.84 Å². The van der Waals surface area contributed by atoms with Crippen molar-refractivity contribution in [3.05, 3.63) is 65.3 Å². The van der Waals surface area contributed by atoms with Crippen molar-refractivity contribution in [1.82, 2.24) is 0 Å². The summed E-state index contributed by atoms with van der Waals surface area (Å²) in [5, 5.41) is 9.54. The van der Waals surface area contributed by atoms with E-state index in [9.17, 15) is 36.2 Å². The number of benzene rings is 1. The zero-order valence-electron chi connectivity index (χ0n) is 13.9. The quantitative estimate of drug-likeness (QED) is 0.707. The van der Waals surface area contributed by atoms with Crippen molar-refractivity contribution in [2.75, 3.05) is 0 Å². The van der Waals surface area contributed by atoms with Crippen molar-refractivity contribution in [2.45, 2.75) is 31.3 Å². The number of carboxylic acid groups (broad SMARTS) is 1. The fraction of sp³-hybridized carbons (Fsp3) is 0.278. The number of allylic oxidation sites excluding steroid dienone is 5. The smallest absolute Gasteiger partial charge is 0.416 e. The van der Waals surface area contributed by atoms with E-state index in [1.54, 1.807) is 0 Å². The molecule has 0 spiro atoms. The molecule has 1 aromatic rings. The average molecular weight is 392 g/mol. The molecule has 0 radical (unpaired) electrons. The van der Waals surface area contributed by atoms with Crippen LogP contribution in [-0.2, 0) is 11.0 Å². The van der Waals surface area contributed by atoms with E-state index in [2.05, 4.69) is 0 Å². The highest BCUT2D eigenvalue weighted by atomic mass is 19.4. The minimum Gasteiger partial charge on any atom is -0.478 e. The third kappa shape index (κ3) is 4.72. The van der Waals surface area contributed by atoms with Crippen LogP contribution < -0.4 is 4.74 Å². The van der Waals surface area contributed by atoms with Crippen molar-refractivity contribution in [2.24, 2.45) is 0 Å². The van der Waals surface area contributed by atoms with Gasteiger partial charge >= 0.3 is 18.3 Å². The molecule has 3 nitrogen and oxygen atoms in total. The molecular weight excluding hydrogens is 378 g/mol. The Morgan fingerprint density at radius 2 is 1.63 bits per heavy atom. The molecule has 1 atom stereocenters. The number of ether oxygens (including phenoxy) is 1. The first-order chi connectivity index (χ1) is 12.3. The van der Waals surface area contributed by atoms with E-state index < -0.39 is 35.1 Å². The molecule has 0 heterocycles. The normalized spacial score (nSPS) is 17.4. The summed E-state index contributed by atoms with van der Waals surface area (Å²) in [7, 11) is 0. The van der Waals surface area contributed by atoms with Gasteiger partial charge in [-0.15, -0.1) is 0 Å². The largest absolute Gasteiger partial charge is 0.478 e. The summed E-state index contributed by atoms with van der Waals surface area (Å²) in [6.45, 7) is 1.05. The van der Waals surface area contributed by atoms with E-state index in [1.807, 2.05) is 0 Å². The summed E-state index contributed by atoms with van der Waals surface area (Å²) in [4.78, 5) is 11.7. The predicted molar refractivity (Wildman–Crippen MR) is 84.1 cm³/mol. The summed E-state index contributed by atoms with van der Waals surface area (Å²) in [5.41, 5.74) is -4.44. The van der Waals surface area contributed by atoms with E-state index in [0.29, 0.717) is 18.2 Å². The first kappa shape index (κ1) is 20.6. The van der Waals surface area contributed by atoms with Gasteiger partial charge in [0.25, 0.3) is 0 Å². The van der Waals surface area contributed by atoms with Gasteiger partial charge in [0.1, 0.15) is 5.75 Å². The van der Waals surface area contributed by atoms with Crippen LogP contribution in [0.15, 0.2) is 59.7 Å². The highest BCUT2D eigenvalue weighted by Crippen LogP contribution is 2.36. The Morgan fingerprint density at radius 3 is 2.11 bits per heavy atom. The predicted octanol–water partition coefficient (Wildman–Crippen LogP) is 5.30. The number of aliphatic carboxylic acids is 1. The van der Waals surface area contributed by atoms with E-state index in [1.165, 1.54) is 6.08 Å². The summed E-state index contributed by atoms with van der Waals surface area (Å²) < 4.78 is 82.2. The minimum atomic E-state index is -4.70. The van der Waals surface area contributed by atoms with Gasteiger partial charge in [-0.2, -0.15) is 26.3 Å². The molecule has 9 heteroatoms. The highest BCUT2D eigenvalue weighted by molar-refractivity contribution is 5.82. The lowest BCUT2D eigenvalue weighted by Crippen LogP contribution is -2.43. The van der Waals surface area contributed by atoms with Gasteiger partial charge in [0.2, 0.25) is 5.60 Å². The number of carbonyl (C=O) groups is 1. The van der Waals surface area contributed by atoms with E-state index in [4.69, 9.17) is 4.74 Å². The number of halogens is 6. The molecular formula is C18H14F6O3. The van der Waals surface area contributed by atoms with Crippen LogP contribution in [-0.4, -0.2) is 22.9 Å². The Morgan fingerprint density at radius 1 is 1.04 bits per heavy atom. The Labute approximate surface area is 150 Å². The van der Waals surface area contributed by atoms with Gasteiger partial charge in [0, 0.05) is 0 Å². The Bertz CT molecular complexity index is 800. The lowest BCUT2D eigenvalue weighted by atomic mass is 9.91. The van der Waals surface area contributed by atoms with E-state index in [0.717, 1.165) is 31.2 Å². The van der Waals surface area contributed by atoms with Gasteiger partial charge in [-0.1, -0.05) is 18.2 Å². The number of rotatable bonds is 4. The molecule has 1 aliphatic rings. The number of alkyl halides is 6. The van der Waals surface area contributed by atoms with Crippen LogP contribution in [0.4, 0.5) is 26.3 Å². The zero-order chi connectivity index (χ0) is 20.5. The molecule has 0 bridgehead atoms. The van der Waals surface area contributed by atoms with Crippen molar-refractivity contribution >= 4 is 5.97 Å². The fourth-order valence-electron chi connectivity index (χ4n) is 2.36. The van der Waals surface area contributed by atoms with Crippen LogP contribution in [0.3, 0.4) is 0 Å². The van der Waals surface area contributed by atoms with Gasteiger partial charge in [0.05, 0.1) is 11.1 Å². The summed E-state index contributed by atoms with van der Waals surface area (Å²) in [5.74, 6) is -1.80. The standard InChI is InChI=1S/C18H14F6O3/c1-16(15(25)26,12-4-2-3-5-13(10-12)18(22,23)24)27-14-8-6-11(7-9-14)17(19,20)21/h2-3,5-10H,4H2,1H3,(H,25,26). The van der Waals surface area contributed by atoms with Gasteiger partial charge in [-0.3, -0.25) is 0 Å². The van der Waals surface area contributed by atoms with Crippen LogP contribution in [0.5, 0.6) is 5.75 Å². The van der Waals surface area contributed by atoms with E-state index in [-0.39, 0.29) is 17.7 Å². The molecule has 1 aliphatic carbocycles. The van der Waals surface area contributed by atoms with Crippen molar-refractivity contribution in [3.63, 3.8) is 0 Å². The first-order valence-electron chi connectivity index (χ1n) is 7.59. The van der Waals surface area contributed by atoms with Crippen molar-refractivity contribution in [3.8, 4) is 5.75 Å². The second kappa shape index (κ2) is 7.13. The molecule has 0 amide bonds. The maximum absolute atomic E-state index is 13.0. The number of hydrogen-bond acceptors (Lipinski definition) is 2. The number of carboxylic acids is 1. The van der Waals surface area contributed by atoms with Gasteiger partial charge in [-0.05, 0) is 49.3 Å². The molecule has 1 aromatic carbocycles. The maximum Gasteiger partial charge on any atom is 0.416 e. The van der Waals surface area contributed by atoms with Crippen molar-refractivity contribution < 1.29 is 41.0 Å². The highest BCUT2D eigenvalue weighted by Gasteiger charge is 2.42. The summed E-state index contributed by atoms with van der Waals surface area (Å²) in [6.07, 6.45) is -5.47. The Hall–Kier alpha value is -2.71. The SMILES string of the molecule is CC(Oc1ccc(C(F)(F)F)cc1)(C(=O)O)C1=CC(C(F)(F)F)=CC=CC1. The molecule has 1 unspecified atom stereocenters. The number of hydrogen-bond donors (Lipinski definition) is 1. The molecule has 0 fully saturated rings. The summed E-state index contributed by atoms with van der Waals surface area (Å²) in [6, 6.07) is 3.22. The molecule has 0 aromatic heterocycles. The molecule has 0 aliphatic heterocycles. The van der Waals surface area contributed by atoms with Crippen LogP contribution in [0.2, 0.25) is 0 Å². The van der Waals surface area contributed by atoms with Gasteiger partial charge in [-0.25, -0.2) is 4.79 Å². The fourth-order valence-corrected chi connectivity index (χ4v) is 2.36.